The van der Waals surface area contributed by atoms with E-state index < -0.39 is 11.0 Å². The van der Waals surface area contributed by atoms with E-state index in [-0.39, 0.29) is 29.2 Å². The maximum Gasteiger partial charge on any atom is 0.414 e. The molecule has 30 heavy (non-hydrogen) atoms. The second kappa shape index (κ2) is 11.6. The highest BCUT2D eigenvalue weighted by Crippen LogP contribution is 2.30. The van der Waals surface area contributed by atoms with Crippen LogP contribution in [0.1, 0.15) is 18.0 Å². The molecule has 164 valence electrons. The third kappa shape index (κ3) is 7.05. The first-order valence-corrected chi connectivity index (χ1v) is 9.29. The van der Waals surface area contributed by atoms with E-state index in [1.165, 1.54) is 23.1 Å². The van der Waals surface area contributed by atoms with Crippen LogP contribution in [-0.2, 0) is 0 Å². The van der Waals surface area contributed by atoms with E-state index in [1.54, 1.807) is 26.2 Å². The van der Waals surface area contributed by atoms with Crippen molar-refractivity contribution in [2.45, 2.75) is 12.5 Å². The van der Waals surface area contributed by atoms with Crippen molar-refractivity contribution >= 4 is 35.8 Å². The molecule has 0 radical (unpaired) electrons. The Morgan fingerprint density at radius 1 is 1.13 bits per heavy atom. The van der Waals surface area contributed by atoms with Crippen molar-refractivity contribution < 1.29 is 19.2 Å². The number of rotatable bonds is 8. The van der Waals surface area contributed by atoms with Gasteiger partial charge in [0.1, 0.15) is 11.5 Å². The summed E-state index contributed by atoms with van der Waals surface area (Å²) in [4.78, 5) is 25.3. The van der Waals surface area contributed by atoms with Gasteiger partial charge in [-0.25, -0.2) is 4.79 Å². The fourth-order valence-corrected chi connectivity index (χ4v) is 2.90. The van der Waals surface area contributed by atoms with Gasteiger partial charge in [0.25, 0.3) is 5.69 Å². The first kappa shape index (κ1) is 25.5. The van der Waals surface area contributed by atoms with E-state index in [9.17, 15) is 14.9 Å². The minimum atomic E-state index is -0.503. The molecule has 0 aliphatic heterocycles. The van der Waals surface area contributed by atoms with Crippen LogP contribution in [0.2, 0.25) is 5.02 Å². The molecule has 2 aromatic carbocycles. The molecule has 2 rings (SSSR count). The molecule has 0 aliphatic rings. The summed E-state index contributed by atoms with van der Waals surface area (Å²) in [5, 5.41) is 11.0. The fraction of sp³-hybridized carbons (Fsp3) is 0.350. The van der Waals surface area contributed by atoms with Gasteiger partial charge in [-0.1, -0.05) is 23.7 Å². The van der Waals surface area contributed by atoms with E-state index in [0.29, 0.717) is 24.5 Å². The minimum absolute atomic E-state index is 0. The number of non-ortho nitro benzene ring substituents is 1. The highest BCUT2D eigenvalue weighted by Gasteiger charge is 2.16. The van der Waals surface area contributed by atoms with Gasteiger partial charge < -0.3 is 19.3 Å². The zero-order valence-electron chi connectivity index (χ0n) is 17.2. The second-order valence-corrected chi connectivity index (χ2v) is 7.23. The zero-order chi connectivity index (χ0) is 21.6. The quantitative estimate of drug-likeness (QED) is 0.417. The van der Waals surface area contributed by atoms with Gasteiger partial charge >= 0.3 is 6.09 Å². The molecular formula is C20H25Cl2N3O5. The van der Waals surface area contributed by atoms with E-state index in [4.69, 9.17) is 21.1 Å². The minimum Gasteiger partial charge on any atom is -0.492 e. The molecule has 0 aromatic heterocycles. The molecule has 10 heteroatoms. The number of nitrogens with zero attached hydrogens (tertiary/aromatic N) is 3. The second-order valence-electron chi connectivity index (χ2n) is 6.82. The van der Waals surface area contributed by atoms with E-state index in [2.05, 4.69) is 4.90 Å². The average molecular weight is 458 g/mol. The Labute approximate surface area is 186 Å². The van der Waals surface area contributed by atoms with Gasteiger partial charge in [0, 0.05) is 38.7 Å². The molecule has 0 fully saturated rings. The lowest BCUT2D eigenvalue weighted by Crippen LogP contribution is -2.25. The standard InChI is InChI=1S/C20H24ClN3O5.ClH/c1-22(2)18(14-5-8-16(9-6-14)29-20(25)23(3)4)11-12-28-19-10-7-15(24(26)27)13-17(19)21;/h5-10,13,18H,11-12H2,1-4H3;1H/t18-;/m1./s1. The first-order valence-electron chi connectivity index (χ1n) is 8.91. The summed E-state index contributed by atoms with van der Waals surface area (Å²) in [5.41, 5.74) is 0.960. The predicted octanol–water partition coefficient (Wildman–Crippen LogP) is 4.80. The van der Waals surface area contributed by atoms with Gasteiger partial charge in [-0.3, -0.25) is 10.1 Å². The van der Waals surface area contributed by atoms with Crippen molar-refractivity contribution in [3.05, 3.63) is 63.2 Å². The van der Waals surface area contributed by atoms with Gasteiger partial charge in [-0.2, -0.15) is 0 Å². The molecular weight excluding hydrogens is 433 g/mol. The van der Waals surface area contributed by atoms with Crippen molar-refractivity contribution in [1.29, 1.82) is 0 Å². The van der Waals surface area contributed by atoms with Crippen LogP contribution in [0.3, 0.4) is 0 Å². The summed E-state index contributed by atoms with van der Waals surface area (Å²) in [5.74, 6) is 0.875. The number of carbonyl (C=O) groups is 1. The monoisotopic (exact) mass is 457 g/mol. The molecule has 0 saturated carbocycles. The van der Waals surface area contributed by atoms with Gasteiger partial charge in [-0.15, -0.1) is 12.4 Å². The summed E-state index contributed by atoms with van der Waals surface area (Å²) < 4.78 is 11.0. The van der Waals surface area contributed by atoms with Crippen molar-refractivity contribution in [3.8, 4) is 11.5 Å². The molecule has 0 unspecified atom stereocenters. The number of hydrogen-bond acceptors (Lipinski definition) is 6. The molecule has 0 bridgehead atoms. The van der Waals surface area contributed by atoms with E-state index >= 15 is 0 Å². The number of amides is 1. The van der Waals surface area contributed by atoms with Gasteiger partial charge in [-0.05, 0) is 37.9 Å². The van der Waals surface area contributed by atoms with Gasteiger partial charge in [0.05, 0.1) is 16.6 Å². The maximum atomic E-state index is 11.6. The largest absolute Gasteiger partial charge is 0.492 e. The molecule has 0 spiro atoms. The van der Waals surface area contributed by atoms with Crippen LogP contribution in [0.5, 0.6) is 11.5 Å². The topological polar surface area (TPSA) is 85.1 Å². The van der Waals surface area contributed by atoms with Crippen LogP contribution < -0.4 is 9.47 Å². The highest BCUT2D eigenvalue weighted by molar-refractivity contribution is 6.32. The summed E-state index contributed by atoms with van der Waals surface area (Å²) >= 11 is 6.06. The molecule has 8 nitrogen and oxygen atoms in total. The predicted molar refractivity (Wildman–Crippen MR) is 118 cm³/mol. The lowest BCUT2D eigenvalue weighted by Gasteiger charge is -2.25. The van der Waals surface area contributed by atoms with E-state index in [0.717, 1.165) is 5.56 Å². The summed E-state index contributed by atoms with van der Waals surface area (Å²) in [6, 6.07) is 11.5. The molecule has 0 saturated heterocycles. The smallest absolute Gasteiger partial charge is 0.414 e. The van der Waals surface area contributed by atoms with Crippen molar-refractivity contribution in [2.24, 2.45) is 0 Å². The van der Waals surface area contributed by atoms with Gasteiger partial charge in [0.2, 0.25) is 0 Å². The summed E-state index contributed by atoms with van der Waals surface area (Å²) in [6.07, 6.45) is 0.229. The Bertz CT molecular complexity index is 860. The summed E-state index contributed by atoms with van der Waals surface area (Å²) in [7, 11) is 7.17. The van der Waals surface area contributed by atoms with E-state index in [1.807, 2.05) is 26.2 Å². The Morgan fingerprint density at radius 3 is 2.27 bits per heavy atom. The molecule has 1 amide bonds. The number of halogens is 2. The van der Waals surface area contributed by atoms with Crippen LogP contribution in [0.15, 0.2) is 42.5 Å². The highest BCUT2D eigenvalue weighted by atomic mass is 35.5. The third-order valence-electron chi connectivity index (χ3n) is 4.23. The fourth-order valence-electron chi connectivity index (χ4n) is 2.67. The van der Waals surface area contributed by atoms with Crippen molar-refractivity contribution in [2.75, 3.05) is 34.8 Å². The number of carbonyl (C=O) groups excluding carboxylic acids is 1. The lowest BCUT2D eigenvalue weighted by atomic mass is 10.0. The molecule has 1 atom stereocenters. The zero-order valence-corrected chi connectivity index (χ0v) is 18.8. The van der Waals surface area contributed by atoms with Crippen molar-refractivity contribution in [1.82, 2.24) is 9.80 Å². The third-order valence-corrected chi connectivity index (χ3v) is 4.53. The van der Waals surface area contributed by atoms with Crippen LogP contribution in [0.4, 0.5) is 10.5 Å². The Hall–Kier alpha value is -2.55. The maximum absolute atomic E-state index is 11.6. The molecule has 0 heterocycles. The number of ether oxygens (including phenoxy) is 2. The number of benzene rings is 2. The lowest BCUT2D eigenvalue weighted by molar-refractivity contribution is -0.384. The number of nitro groups is 1. The van der Waals surface area contributed by atoms with Crippen molar-refractivity contribution in [3.63, 3.8) is 0 Å². The normalized spacial score (nSPS) is 11.4. The van der Waals surface area contributed by atoms with Crippen LogP contribution in [0, 0.1) is 10.1 Å². The first-order chi connectivity index (χ1) is 13.7. The molecule has 0 aliphatic carbocycles. The Kier molecular flexibility index (Phi) is 9.84. The van der Waals surface area contributed by atoms with Crippen LogP contribution >= 0.6 is 24.0 Å². The summed E-state index contributed by atoms with van der Waals surface area (Å²) in [6.45, 7) is 0.373. The van der Waals surface area contributed by atoms with Crippen LogP contribution in [0.25, 0.3) is 0 Å². The molecule has 0 N–H and O–H groups in total. The molecule has 2 aromatic rings. The van der Waals surface area contributed by atoms with Gasteiger partial charge in [0.15, 0.2) is 0 Å². The SMILES string of the molecule is CN(C)C(=O)Oc1ccc([C@@H](CCOc2ccc([N+](=O)[O-])cc2Cl)N(C)C)cc1.Cl. The number of hydrogen-bond donors (Lipinski definition) is 0. The average Bonchev–Trinajstić information content (AvgIpc) is 2.66. The Morgan fingerprint density at radius 2 is 1.77 bits per heavy atom. The van der Waals surface area contributed by atoms with Crippen LogP contribution in [-0.4, -0.2) is 55.6 Å². The Balaban J connectivity index is 0.00000450. The number of nitro benzene ring substituents is 1.